The van der Waals surface area contributed by atoms with Crippen LogP contribution in [0.5, 0.6) is 5.75 Å². The standard InChI is InChI=1S/C34H37NO4/c1-5-19-39-28-12-8-11-27(21-28)35-30(23-15-17-26(18-16-23)34(2,3)4)29(32(37)33(35)38)31(36)25-14-13-22-9-6-7-10-24(22)20-25/h8,11-18,20-21,30,36H,5-7,9-10,19H2,1-4H3/b31-29-. The molecule has 0 radical (unpaired) electrons. The molecule has 1 heterocycles. The molecule has 5 rings (SSSR count). The van der Waals surface area contributed by atoms with Gasteiger partial charge in [0, 0.05) is 17.3 Å². The van der Waals surface area contributed by atoms with Crippen LogP contribution < -0.4 is 9.64 Å². The highest BCUT2D eigenvalue weighted by atomic mass is 16.5. The Balaban J connectivity index is 1.65. The summed E-state index contributed by atoms with van der Waals surface area (Å²) in [5.74, 6) is -0.845. The predicted octanol–water partition coefficient (Wildman–Crippen LogP) is 7.28. The lowest BCUT2D eigenvalue weighted by Gasteiger charge is -2.27. The van der Waals surface area contributed by atoms with Gasteiger partial charge in [-0.15, -0.1) is 0 Å². The van der Waals surface area contributed by atoms with Crippen molar-refractivity contribution in [1.82, 2.24) is 0 Å². The van der Waals surface area contributed by atoms with Crippen LogP contribution in [0, 0.1) is 0 Å². The van der Waals surface area contributed by atoms with Gasteiger partial charge in [-0.2, -0.15) is 0 Å². The van der Waals surface area contributed by atoms with Crippen molar-refractivity contribution >= 4 is 23.1 Å². The van der Waals surface area contributed by atoms with Crippen LogP contribution in [0.4, 0.5) is 5.69 Å². The van der Waals surface area contributed by atoms with Crippen molar-refractivity contribution in [2.45, 2.75) is 71.3 Å². The molecule has 1 atom stereocenters. The van der Waals surface area contributed by atoms with Gasteiger partial charge in [-0.25, -0.2) is 0 Å². The molecule has 3 aromatic carbocycles. The number of carbonyl (C=O) groups excluding carboxylic acids is 2. The number of ether oxygens (including phenoxy) is 1. The molecule has 2 aliphatic rings. The second-order valence-corrected chi connectivity index (χ2v) is 11.6. The fourth-order valence-electron chi connectivity index (χ4n) is 5.56. The van der Waals surface area contributed by atoms with E-state index in [2.05, 4.69) is 20.8 Å². The van der Waals surface area contributed by atoms with Crippen LogP contribution in [0.1, 0.15) is 80.8 Å². The van der Waals surface area contributed by atoms with E-state index in [1.54, 1.807) is 12.1 Å². The predicted molar refractivity (Wildman–Crippen MR) is 155 cm³/mol. The van der Waals surface area contributed by atoms with Crippen molar-refractivity contribution in [2.24, 2.45) is 0 Å². The first-order chi connectivity index (χ1) is 18.7. The largest absolute Gasteiger partial charge is 0.507 e. The van der Waals surface area contributed by atoms with E-state index in [0.717, 1.165) is 43.2 Å². The summed E-state index contributed by atoms with van der Waals surface area (Å²) in [4.78, 5) is 28.7. The number of fused-ring (bicyclic) bond motifs is 1. The summed E-state index contributed by atoms with van der Waals surface area (Å²) in [7, 11) is 0. The normalized spacial score (nSPS) is 18.8. The Kier molecular flexibility index (Phi) is 7.35. The van der Waals surface area contributed by atoms with Crippen LogP contribution in [0.3, 0.4) is 0 Å². The summed E-state index contributed by atoms with van der Waals surface area (Å²) >= 11 is 0. The molecule has 1 N–H and O–H groups in total. The third-order valence-corrected chi connectivity index (χ3v) is 7.73. The molecule has 1 unspecified atom stereocenters. The van der Waals surface area contributed by atoms with Crippen molar-refractivity contribution in [3.63, 3.8) is 0 Å². The fourth-order valence-corrected chi connectivity index (χ4v) is 5.56. The second kappa shape index (κ2) is 10.7. The Morgan fingerprint density at radius 1 is 0.949 bits per heavy atom. The average Bonchev–Trinajstić information content (AvgIpc) is 3.21. The van der Waals surface area contributed by atoms with Crippen molar-refractivity contribution in [1.29, 1.82) is 0 Å². The molecule has 1 fully saturated rings. The van der Waals surface area contributed by atoms with E-state index >= 15 is 0 Å². The van der Waals surface area contributed by atoms with E-state index in [-0.39, 0.29) is 16.7 Å². The maximum Gasteiger partial charge on any atom is 0.300 e. The highest BCUT2D eigenvalue weighted by Crippen LogP contribution is 2.43. The van der Waals surface area contributed by atoms with Gasteiger partial charge in [-0.3, -0.25) is 14.5 Å². The lowest BCUT2D eigenvalue weighted by Crippen LogP contribution is -2.29. The van der Waals surface area contributed by atoms with Gasteiger partial charge in [0.2, 0.25) is 0 Å². The SMILES string of the molecule is CCCOc1cccc(N2C(=O)C(=O)/C(=C(\O)c3ccc4c(c3)CCCC4)C2c2ccc(C(C)(C)C)cc2)c1. The van der Waals surface area contributed by atoms with Crippen LogP contribution in [-0.2, 0) is 27.8 Å². The van der Waals surface area contributed by atoms with Gasteiger partial charge in [0.15, 0.2) is 0 Å². The van der Waals surface area contributed by atoms with E-state index in [1.807, 2.05) is 61.5 Å². The van der Waals surface area contributed by atoms with Gasteiger partial charge in [-0.05, 0) is 78.0 Å². The Morgan fingerprint density at radius 2 is 1.67 bits per heavy atom. The first kappa shape index (κ1) is 26.7. The number of rotatable bonds is 6. The molecule has 0 saturated carbocycles. The molecule has 1 aliphatic carbocycles. The zero-order chi connectivity index (χ0) is 27.7. The minimum atomic E-state index is -0.767. The maximum atomic E-state index is 13.6. The number of ketones is 1. The number of aliphatic hydroxyl groups excluding tert-OH is 1. The second-order valence-electron chi connectivity index (χ2n) is 11.6. The highest BCUT2D eigenvalue weighted by Gasteiger charge is 2.47. The van der Waals surface area contributed by atoms with Crippen LogP contribution in [-0.4, -0.2) is 23.4 Å². The lowest BCUT2D eigenvalue weighted by atomic mass is 9.85. The number of hydrogen-bond acceptors (Lipinski definition) is 4. The molecule has 202 valence electrons. The summed E-state index contributed by atoms with van der Waals surface area (Å²) in [5.41, 5.74) is 5.59. The van der Waals surface area contributed by atoms with Crippen LogP contribution in [0.15, 0.2) is 72.3 Å². The maximum absolute atomic E-state index is 13.6. The molecule has 5 nitrogen and oxygen atoms in total. The third-order valence-electron chi connectivity index (χ3n) is 7.73. The van der Waals surface area contributed by atoms with Crippen LogP contribution >= 0.6 is 0 Å². The molecule has 1 saturated heterocycles. The summed E-state index contributed by atoms with van der Waals surface area (Å²) in [6.45, 7) is 9.02. The monoisotopic (exact) mass is 523 g/mol. The van der Waals surface area contributed by atoms with Crippen molar-refractivity contribution < 1.29 is 19.4 Å². The van der Waals surface area contributed by atoms with Gasteiger partial charge < -0.3 is 9.84 Å². The fraction of sp³-hybridized carbons (Fsp3) is 0.353. The van der Waals surface area contributed by atoms with Gasteiger partial charge in [-0.1, -0.05) is 70.2 Å². The van der Waals surface area contributed by atoms with E-state index in [0.29, 0.717) is 23.6 Å². The first-order valence-electron chi connectivity index (χ1n) is 14.0. The number of benzene rings is 3. The Morgan fingerprint density at radius 3 is 2.36 bits per heavy atom. The van der Waals surface area contributed by atoms with E-state index < -0.39 is 17.7 Å². The quantitative estimate of drug-likeness (QED) is 0.209. The van der Waals surface area contributed by atoms with Gasteiger partial charge >= 0.3 is 0 Å². The number of nitrogens with zero attached hydrogens (tertiary/aromatic N) is 1. The number of amides is 1. The third kappa shape index (κ3) is 5.23. The molecule has 0 bridgehead atoms. The molecular weight excluding hydrogens is 486 g/mol. The van der Waals surface area contributed by atoms with Crippen molar-refractivity contribution in [3.8, 4) is 5.75 Å². The number of Topliss-reactive ketones (excluding diaryl/α,β-unsaturated/α-hetero) is 1. The number of anilines is 1. The highest BCUT2D eigenvalue weighted by molar-refractivity contribution is 6.51. The minimum absolute atomic E-state index is 0.0472. The van der Waals surface area contributed by atoms with Gasteiger partial charge in [0.05, 0.1) is 18.2 Å². The average molecular weight is 524 g/mol. The van der Waals surface area contributed by atoms with Gasteiger partial charge in [0.1, 0.15) is 11.5 Å². The summed E-state index contributed by atoms with van der Waals surface area (Å²) in [6.07, 6.45) is 5.10. The van der Waals surface area contributed by atoms with Gasteiger partial charge in [0.25, 0.3) is 11.7 Å². The Labute approximate surface area is 231 Å². The molecule has 1 aliphatic heterocycles. The zero-order valence-corrected chi connectivity index (χ0v) is 23.3. The zero-order valence-electron chi connectivity index (χ0n) is 23.3. The first-order valence-corrected chi connectivity index (χ1v) is 14.0. The Hall–Kier alpha value is -3.86. The van der Waals surface area contributed by atoms with Crippen molar-refractivity contribution in [3.05, 3.63) is 100 Å². The molecule has 0 spiro atoms. The van der Waals surface area contributed by atoms with E-state index in [1.165, 1.54) is 16.0 Å². The van der Waals surface area contributed by atoms with E-state index in [9.17, 15) is 14.7 Å². The number of aryl methyl sites for hydroxylation is 2. The number of aliphatic hydroxyl groups is 1. The molecule has 1 amide bonds. The molecule has 0 aromatic heterocycles. The topological polar surface area (TPSA) is 66.8 Å². The van der Waals surface area contributed by atoms with E-state index in [4.69, 9.17) is 4.74 Å². The smallest absolute Gasteiger partial charge is 0.300 e. The molecule has 39 heavy (non-hydrogen) atoms. The van der Waals surface area contributed by atoms with Crippen LogP contribution in [0.2, 0.25) is 0 Å². The van der Waals surface area contributed by atoms with Crippen LogP contribution in [0.25, 0.3) is 5.76 Å². The minimum Gasteiger partial charge on any atom is -0.507 e. The summed E-state index contributed by atoms with van der Waals surface area (Å²) in [5, 5.41) is 11.6. The molecule has 5 heteroatoms. The lowest BCUT2D eigenvalue weighted by molar-refractivity contribution is -0.132. The van der Waals surface area contributed by atoms with Crippen molar-refractivity contribution in [2.75, 3.05) is 11.5 Å². The number of carbonyl (C=O) groups is 2. The Bertz CT molecular complexity index is 1430. The molecular formula is C34H37NO4. The summed E-state index contributed by atoms with van der Waals surface area (Å²) < 4.78 is 5.82. The summed E-state index contributed by atoms with van der Waals surface area (Å²) in [6, 6.07) is 20.4. The number of hydrogen-bond donors (Lipinski definition) is 1. The molecule has 3 aromatic rings.